The maximum Gasteiger partial charge on any atom is 0.317 e. The topological polar surface area (TPSA) is 618 Å². The summed E-state index contributed by atoms with van der Waals surface area (Å²) in [7, 11) is 0. The summed E-state index contributed by atoms with van der Waals surface area (Å²) < 4.78 is 86.5. The van der Waals surface area contributed by atoms with Crippen LogP contribution >= 0.6 is 11.8 Å². The fourth-order valence-corrected chi connectivity index (χ4v) is 12.3. The summed E-state index contributed by atoms with van der Waals surface area (Å²) in [6.45, 7) is -7.36. The second-order valence-corrected chi connectivity index (χ2v) is 23.5. The third-order valence-corrected chi connectivity index (χ3v) is 17.6. The van der Waals surface area contributed by atoms with Crippen molar-refractivity contribution in [2.24, 2.45) is 0 Å². The standard InChI is InChI=1S/C49H80O39S/c50-5-12-35-22(59)29(66)44(76-12)84-37-14(7-52)78-46(31(68)24(37)61)86-39-16(9-54)80-48(33(70)26(39)63)88-41-18(11-74-2-1-3-89-19(42(72)73)4-20(56)57)81-49(34(71)27(41)64)87-40-17(10-55)79-47(32(69)25(40)62)85-38-15(8-53)77-45(30(67)23(38)60)83-36-13(6-51)75-43(82-35)28(65)21(36)58/h12-19,21-41,43-55,58-71H,1-11H2,(H,56,57)(H,72,73)/t12-,13+,14-,15+,16-,17+,18?,19?,21+,22+,23-,24+,25-,26+,27+,28-,29+,30-,31+,32+,33+,34+,35+,36+,37+,38+,39+,40+,41+,43-,44-,45-,46-,47-,48-,49-/m0/s1. The van der Waals surface area contributed by atoms with Gasteiger partial charge in [-0.15, -0.1) is 11.8 Å². The highest BCUT2D eigenvalue weighted by molar-refractivity contribution is 8.00. The van der Waals surface area contributed by atoms with Crippen LogP contribution in [0.15, 0.2) is 0 Å². The first kappa shape index (κ1) is 72.7. The molecule has 516 valence electrons. The minimum Gasteiger partial charge on any atom is -0.481 e. The van der Waals surface area contributed by atoms with E-state index in [9.17, 15) is 117 Å². The molecule has 39 nitrogen and oxygen atoms in total. The van der Waals surface area contributed by atoms with Crippen molar-refractivity contribution in [1.29, 1.82) is 0 Å². The number of ether oxygens (including phenoxy) is 15. The first-order chi connectivity index (χ1) is 42.3. The van der Waals surface area contributed by atoms with E-state index in [1.165, 1.54) is 0 Å². The molecule has 0 radical (unpaired) electrons. The molecule has 14 bridgehead atoms. The average molecular weight is 1330 g/mol. The Morgan fingerprint density at radius 1 is 0.326 bits per heavy atom. The van der Waals surface area contributed by atoms with Gasteiger partial charge in [0, 0.05) is 6.61 Å². The molecular formula is C49H80O39S. The molecule has 0 aromatic carbocycles. The molecule has 0 aliphatic carbocycles. The summed E-state index contributed by atoms with van der Waals surface area (Å²) in [4.78, 5) is 22.8. The first-order valence-corrected chi connectivity index (χ1v) is 29.4. The third kappa shape index (κ3) is 15.9. The highest BCUT2D eigenvalue weighted by atomic mass is 32.2. The summed E-state index contributed by atoms with van der Waals surface area (Å²) in [5, 5.41) is 240. The van der Waals surface area contributed by atoms with Crippen molar-refractivity contribution < 1.29 is 193 Å². The van der Waals surface area contributed by atoms with Gasteiger partial charge in [-0.1, -0.05) is 0 Å². The van der Waals surface area contributed by atoms with E-state index < -0.39 is 285 Å². The van der Waals surface area contributed by atoms with Gasteiger partial charge in [-0.25, -0.2) is 0 Å². The van der Waals surface area contributed by atoms with Gasteiger partial charge >= 0.3 is 11.9 Å². The SMILES string of the molecule is O=C(O)CC(SCCCOCC1O[C@H]2O[C@H]3[C@@H](O)[C@@H](O)[C@H](O[C@H]4[C@@H](O)[C@H](O)[C@H](O[C@H]5[C@H](O)[C@H](O)[C@H](O[C@H]6[C@H](O)[C@@H](O)[C@H](O[C@H]7[C@H](O)[C@@H](O)[C@H](O[C@H]8[C@H](O)[C@@H](O)[C@@H](O[C@H]8CO)O[C@H]1[C@H](O)[C@H]2O)O[C@H]7CO)O[C@H]6CO)O[C@@H]5CO)O[C@@H]4CO)O[C@@H]3CO)C(=O)O. The van der Waals surface area contributed by atoms with Crippen LogP contribution in [0.4, 0.5) is 0 Å². The molecule has 0 spiro atoms. The average Bonchev–Trinajstić information content (AvgIpc) is 0.996. The summed E-state index contributed by atoms with van der Waals surface area (Å²) in [5.74, 6) is -2.72. The van der Waals surface area contributed by atoms with Crippen LogP contribution in [0.5, 0.6) is 0 Å². The minimum atomic E-state index is -2.27. The van der Waals surface area contributed by atoms with Crippen LogP contribution < -0.4 is 0 Å². The molecule has 0 aromatic rings. The zero-order valence-electron chi connectivity index (χ0n) is 46.7. The Hall–Kier alpha value is -2.11. The van der Waals surface area contributed by atoms with E-state index in [0.717, 1.165) is 11.8 Å². The molecule has 36 atom stereocenters. The van der Waals surface area contributed by atoms with Crippen LogP contribution in [-0.4, -0.2) is 403 Å². The molecule has 0 aromatic heterocycles. The van der Waals surface area contributed by atoms with E-state index >= 15 is 0 Å². The number of hydrogen-bond acceptors (Lipinski definition) is 38. The Labute approximate surface area is 507 Å². The van der Waals surface area contributed by atoms with Gasteiger partial charge in [0.1, 0.15) is 176 Å². The highest BCUT2D eigenvalue weighted by Gasteiger charge is 2.59. The highest BCUT2D eigenvalue weighted by Crippen LogP contribution is 2.39. The van der Waals surface area contributed by atoms with E-state index in [1.807, 2.05) is 0 Å². The lowest BCUT2D eigenvalue weighted by molar-refractivity contribution is -0.397. The number of carboxylic acid groups (broad SMARTS) is 2. The van der Waals surface area contributed by atoms with Crippen molar-refractivity contribution in [2.75, 3.05) is 58.6 Å². The number of rotatable bonds is 16. The van der Waals surface area contributed by atoms with E-state index in [0.29, 0.717) is 0 Å². The molecule has 21 heterocycles. The Morgan fingerprint density at radius 3 is 0.742 bits per heavy atom. The maximum absolute atomic E-state index is 11.8. The van der Waals surface area contributed by atoms with Crippen LogP contribution in [0.1, 0.15) is 12.8 Å². The van der Waals surface area contributed by atoms with Gasteiger partial charge in [0.05, 0.1) is 52.7 Å². The molecule has 2 unspecified atom stereocenters. The van der Waals surface area contributed by atoms with Gasteiger partial charge < -0.3 is 183 Å². The van der Waals surface area contributed by atoms with E-state index in [1.54, 1.807) is 0 Å². The Kier molecular flexibility index (Phi) is 26.2. The summed E-state index contributed by atoms with van der Waals surface area (Å²) in [6, 6.07) is 0. The van der Waals surface area contributed by atoms with E-state index in [2.05, 4.69) is 0 Å². The summed E-state index contributed by atoms with van der Waals surface area (Å²) >= 11 is 0.786. The van der Waals surface area contributed by atoms with Crippen molar-refractivity contribution >= 4 is 23.7 Å². The first-order valence-electron chi connectivity index (χ1n) is 28.3. The molecule has 21 aliphatic heterocycles. The number of carboxylic acids is 2. The van der Waals surface area contributed by atoms with Gasteiger partial charge in [0.2, 0.25) is 0 Å². The normalized spacial score (nSPS) is 49.8. The zero-order valence-corrected chi connectivity index (χ0v) is 47.6. The van der Waals surface area contributed by atoms with Crippen molar-refractivity contribution in [3.8, 4) is 0 Å². The number of aliphatic hydroxyl groups is 20. The van der Waals surface area contributed by atoms with Crippen molar-refractivity contribution in [2.45, 2.75) is 233 Å². The molecule has 40 heteroatoms. The van der Waals surface area contributed by atoms with Crippen LogP contribution in [0.3, 0.4) is 0 Å². The molecule has 0 saturated carbocycles. The lowest BCUT2D eigenvalue weighted by Gasteiger charge is -2.50. The summed E-state index contributed by atoms with van der Waals surface area (Å²) in [6.07, 6.45) is -72.3. The largest absolute Gasteiger partial charge is 0.481 e. The molecule has 21 aliphatic rings. The number of hydrogen-bond donors (Lipinski definition) is 22. The van der Waals surface area contributed by atoms with Gasteiger partial charge in [0.15, 0.2) is 44.0 Å². The van der Waals surface area contributed by atoms with E-state index in [-0.39, 0.29) is 18.8 Å². The van der Waals surface area contributed by atoms with Crippen molar-refractivity contribution in [1.82, 2.24) is 0 Å². The lowest BCUT2D eigenvalue weighted by Crippen LogP contribution is -2.68. The molecule has 21 fully saturated rings. The molecule has 0 amide bonds. The molecule has 21 rings (SSSR count). The number of carbonyl (C=O) groups is 2. The van der Waals surface area contributed by atoms with Crippen LogP contribution in [0, 0.1) is 0 Å². The number of aliphatic hydroxyl groups excluding tert-OH is 20. The summed E-state index contributed by atoms with van der Waals surface area (Å²) in [5.41, 5.74) is 0. The predicted molar refractivity (Wildman–Crippen MR) is 273 cm³/mol. The number of aliphatic carboxylic acids is 2. The second-order valence-electron chi connectivity index (χ2n) is 22.2. The minimum absolute atomic E-state index is 0.0373. The quantitative estimate of drug-likeness (QED) is 0.0638. The second kappa shape index (κ2) is 32.1. The maximum atomic E-state index is 11.8. The van der Waals surface area contributed by atoms with Crippen molar-refractivity contribution in [3.63, 3.8) is 0 Å². The number of thioether (sulfide) groups is 1. The Morgan fingerprint density at radius 2 is 0.539 bits per heavy atom. The Bertz CT molecular complexity index is 2190. The molecule has 89 heavy (non-hydrogen) atoms. The molecule has 21 saturated heterocycles. The zero-order chi connectivity index (χ0) is 65.0. The Balaban J connectivity index is 1.08. The molecular weight excluding hydrogens is 1240 g/mol. The van der Waals surface area contributed by atoms with Crippen molar-refractivity contribution in [3.05, 3.63) is 0 Å². The third-order valence-electron chi connectivity index (χ3n) is 16.3. The van der Waals surface area contributed by atoms with Crippen LogP contribution in [0.25, 0.3) is 0 Å². The van der Waals surface area contributed by atoms with Gasteiger partial charge in [-0.2, -0.15) is 0 Å². The van der Waals surface area contributed by atoms with Gasteiger partial charge in [-0.3, -0.25) is 9.59 Å². The smallest absolute Gasteiger partial charge is 0.317 e. The lowest BCUT2D eigenvalue weighted by atomic mass is 9.95. The predicted octanol–water partition coefficient (Wildman–Crippen LogP) is -14.2. The monoisotopic (exact) mass is 1320 g/mol. The fourth-order valence-electron chi connectivity index (χ4n) is 11.4. The van der Waals surface area contributed by atoms with E-state index in [4.69, 9.17) is 76.2 Å². The fraction of sp³-hybridized carbons (Fsp3) is 0.959. The van der Waals surface area contributed by atoms with Gasteiger partial charge in [0.25, 0.3) is 0 Å². The van der Waals surface area contributed by atoms with Crippen LogP contribution in [0.2, 0.25) is 0 Å². The molecule has 22 N–H and O–H groups in total. The van der Waals surface area contributed by atoms with Crippen LogP contribution in [-0.2, 0) is 80.6 Å². The van der Waals surface area contributed by atoms with Gasteiger partial charge in [-0.05, 0) is 12.2 Å².